The molecule has 1 atom stereocenters. The van der Waals surface area contributed by atoms with Crippen LogP contribution in [0.5, 0.6) is 0 Å². The van der Waals surface area contributed by atoms with Gasteiger partial charge in [-0.15, -0.1) is 12.4 Å². The van der Waals surface area contributed by atoms with Crippen molar-refractivity contribution in [3.8, 4) is 0 Å². The van der Waals surface area contributed by atoms with Crippen molar-refractivity contribution in [2.45, 2.75) is 12.1 Å². The van der Waals surface area contributed by atoms with Crippen LogP contribution in [0.15, 0.2) is 61.2 Å². The number of hydrogen-bond acceptors (Lipinski definition) is 3. The predicted molar refractivity (Wildman–Crippen MR) is 93.2 cm³/mol. The highest BCUT2D eigenvalue weighted by Gasteiger charge is 2.34. The summed E-state index contributed by atoms with van der Waals surface area (Å²) >= 11 is 12.3. The molecule has 0 aliphatic rings. The van der Waals surface area contributed by atoms with Gasteiger partial charge < -0.3 is 5.11 Å². The summed E-state index contributed by atoms with van der Waals surface area (Å²) < 4.78 is 1.57. The maximum atomic E-state index is 11.4. The molecule has 3 aromatic rings. The summed E-state index contributed by atoms with van der Waals surface area (Å²) in [5.74, 6) is 0. The lowest BCUT2D eigenvalue weighted by Gasteiger charge is -2.30. The first-order valence-corrected chi connectivity index (χ1v) is 7.41. The Morgan fingerprint density at radius 1 is 1.09 bits per heavy atom. The molecule has 0 fully saturated rings. The predicted octanol–water partition coefficient (Wildman–Crippen LogP) is 3.94. The van der Waals surface area contributed by atoms with Crippen LogP contribution < -0.4 is 0 Å². The standard InChI is InChI=1S/C16H13Cl2N3O.ClH/c17-13-6-7-14(15(18)8-13)16(22,9-21-11-19-10-20-21)12-4-2-1-3-5-12;/h1-8,10-11,22H,9H2;1H. The van der Waals surface area contributed by atoms with Crippen LogP contribution in [0.1, 0.15) is 11.1 Å². The van der Waals surface area contributed by atoms with Crippen LogP contribution in [-0.4, -0.2) is 19.9 Å². The largest absolute Gasteiger partial charge is 0.378 e. The number of nitrogens with zero attached hydrogens (tertiary/aromatic N) is 3. The lowest BCUT2D eigenvalue weighted by atomic mass is 9.86. The van der Waals surface area contributed by atoms with Crippen LogP contribution in [0.25, 0.3) is 0 Å². The molecule has 120 valence electrons. The van der Waals surface area contributed by atoms with E-state index in [9.17, 15) is 5.11 Å². The number of benzene rings is 2. The third kappa shape index (κ3) is 3.67. The summed E-state index contributed by atoms with van der Waals surface area (Å²) in [6.07, 6.45) is 2.98. The summed E-state index contributed by atoms with van der Waals surface area (Å²) in [7, 11) is 0. The molecular weight excluding hydrogens is 357 g/mol. The number of hydrogen-bond donors (Lipinski definition) is 1. The molecule has 2 aromatic carbocycles. The van der Waals surface area contributed by atoms with Crippen LogP contribution in [0.4, 0.5) is 0 Å². The number of rotatable bonds is 4. The van der Waals surface area contributed by atoms with Gasteiger partial charge in [0.1, 0.15) is 18.3 Å². The minimum atomic E-state index is -1.34. The van der Waals surface area contributed by atoms with Gasteiger partial charge in [-0.1, -0.05) is 59.6 Å². The van der Waals surface area contributed by atoms with Crippen molar-refractivity contribution in [2.24, 2.45) is 0 Å². The molecule has 0 spiro atoms. The van der Waals surface area contributed by atoms with Crippen molar-refractivity contribution >= 4 is 35.6 Å². The third-order valence-corrected chi connectivity index (χ3v) is 4.03. The molecule has 0 saturated carbocycles. The summed E-state index contributed by atoms with van der Waals surface area (Å²) in [4.78, 5) is 3.92. The molecule has 1 unspecified atom stereocenters. The molecular formula is C16H14Cl3N3O. The highest BCUT2D eigenvalue weighted by atomic mass is 35.5. The van der Waals surface area contributed by atoms with E-state index >= 15 is 0 Å². The quantitative estimate of drug-likeness (QED) is 0.756. The van der Waals surface area contributed by atoms with Gasteiger partial charge in [0, 0.05) is 15.6 Å². The topological polar surface area (TPSA) is 50.9 Å². The summed E-state index contributed by atoms with van der Waals surface area (Å²) in [6.45, 7) is 0.193. The van der Waals surface area contributed by atoms with Gasteiger partial charge in [-0.25, -0.2) is 9.67 Å². The fourth-order valence-electron chi connectivity index (χ4n) is 2.42. The second-order valence-electron chi connectivity index (χ2n) is 4.94. The Balaban J connectivity index is 0.00000192. The number of aliphatic hydroxyl groups is 1. The van der Waals surface area contributed by atoms with E-state index < -0.39 is 5.60 Å². The third-order valence-electron chi connectivity index (χ3n) is 3.49. The molecule has 7 heteroatoms. The van der Waals surface area contributed by atoms with Gasteiger partial charge in [0.05, 0.1) is 6.54 Å². The molecule has 0 aliphatic heterocycles. The van der Waals surface area contributed by atoms with Gasteiger partial charge in [0.15, 0.2) is 0 Å². The van der Waals surface area contributed by atoms with Crippen molar-refractivity contribution < 1.29 is 5.11 Å². The number of halogens is 3. The zero-order valence-electron chi connectivity index (χ0n) is 11.9. The Kier molecular flexibility index (Phi) is 5.65. The summed E-state index contributed by atoms with van der Waals surface area (Å²) in [6, 6.07) is 14.4. The van der Waals surface area contributed by atoms with Crippen LogP contribution in [0, 0.1) is 0 Å². The van der Waals surface area contributed by atoms with Crippen molar-refractivity contribution in [1.29, 1.82) is 0 Å². The molecule has 0 radical (unpaired) electrons. The molecule has 0 amide bonds. The molecule has 1 N–H and O–H groups in total. The Morgan fingerprint density at radius 3 is 2.43 bits per heavy atom. The Hall–Kier alpha value is -1.59. The molecule has 23 heavy (non-hydrogen) atoms. The van der Waals surface area contributed by atoms with Crippen LogP contribution in [0.3, 0.4) is 0 Å². The molecule has 0 bridgehead atoms. The second kappa shape index (κ2) is 7.32. The normalized spacial score (nSPS) is 13.2. The molecule has 1 aromatic heterocycles. The SMILES string of the molecule is Cl.OC(Cn1cncn1)(c1ccccc1)c1ccc(Cl)cc1Cl. The molecule has 0 aliphatic carbocycles. The van der Waals surface area contributed by atoms with E-state index in [1.807, 2.05) is 30.3 Å². The molecule has 3 rings (SSSR count). The van der Waals surface area contributed by atoms with E-state index in [-0.39, 0.29) is 19.0 Å². The van der Waals surface area contributed by atoms with Gasteiger partial charge in [0.25, 0.3) is 0 Å². The molecule has 0 saturated heterocycles. The first-order valence-electron chi connectivity index (χ1n) is 6.65. The van der Waals surface area contributed by atoms with Crippen molar-refractivity contribution in [1.82, 2.24) is 14.8 Å². The fraction of sp³-hybridized carbons (Fsp3) is 0.125. The minimum absolute atomic E-state index is 0. The van der Waals surface area contributed by atoms with E-state index in [0.29, 0.717) is 15.6 Å². The van der Waals surface area contributed by atoms with E-state index in [0.717, 1.165) is 5.56 Å². The van der Waals surface area contributed by atoms with Crippen LogP contribution >= 0.6 is 35.6 Å². The smallest absolute Gasteiger partial charge is 0.137 e. The van der Waals surface area contributed by atoms with Crippen molar-refractivity contribution in [3.05, 3.63) is 82.4 Å². The van der Waals surface area contributed by atoms with Gasteiger partial charge in [-0.3, -0.25) is 0 Å². The van der Waals surface area contributed by atoms with E-state index in [1.165, 1.54) is 6.33 Å². The maximum absolute atomic E-state index is 11.4. The number of aromatic nitrogens is 3. The second-order valence-corrected chi connectivity index (χ2v) is 5.79. The zero-order valence-corrected chi connectivity index (χ0v) is 14.3. The monoisotopic (exact) mass is 369 g/mol. The Bertz CT molecular complexity index is 766. The van der Waals surface area contributed by atoms with E-state index in [1.54, 1.807) is 29.2 Å². The average Bonchev–Trinajstić information content (AvgIpc) is 3.00. The lowest BCUT2D eigenvalue weighted by Crippen LogP contribution is -2.33. The van der Waals surface area contributed by atoms with Gasteiger partial charge in [0.2, 0.25) is 0 Å². The molecule has 1 heterocycles. The Morgan fingerprint density at radius 2 is 1.83 bits per heavy atom. The fourth-order valence-corrected chi connectivity index (χ4v) is 2.98. The van der Waals surface area contributed by atoms with E-state index in [4.69, 9.17) is 23.2 Å². The Labute approximate surface area is 150 Å². The van der Waals surface area contributed by atoms with Gasteiger partial charge in [-0.2, -0.15) is 5.10 Å². The average molecular weight is 371 g/mol. The minimum Gasteiger partial charge on any atom is -0.378 e. The first-order chi connectivity index (χ1) is 10.6. The lowest BCUT2D eigenvalue weighted by molar-refractivity contribution is 0.0573. The van der Waals surface area contributed by atoms with Crippen molar-refractivity contribution in [2.75, 3.05) is 0 Å². The highest BCUT2D eigenvalue weighted by molar-refractivity contribution is 6.35. The maximum Gasteiger partial charge on any atom is 0.137 e. The zero-order chi connectivity index (χ0) is 15.6. The van der Waals surface area contributed by atoms with Gasteiger partial charge >= 0.3 is 0 Å². The van der Waals surface area contributed by atoms with Gasteiger partial charge in [-0.05, 0) is 17.7 Å². The van der Waals surface area contributed by atoms with Crippen molar-refractivity contribution in [3.63, 3.8) is 0 Å². The molecule has 4 nitrogen and oxygen atoms in total. The summed E-state index contributed by atoms with van der Waals surface area (Å²) in [5, 5.41) is 16.4. The van der Waals surface area contributed by atoms with Crippen LogP contribution in [0.2, 0.25) is 10.0 Å². The highest BCUT2D eigenvalue weighted by Crippen LogP contribution is 2.36. The first kappa shape index (κ1) is 17.8. The summed E-state index contributed by atoms with van der Waals surface area (Å²) in [5.41, 5.74) is -0.0496. The van der Waals surface area contributed by atoms with Crippen LogP contribution in [-0.2, 0) is 12.1 Å². The van der Waals surface area contributed by atoms with E-state index in [2.05, 4.69) is 10.1 Å².